The summed E-state index contributed by atoms with van der Waals surface area (Å²) in [6.07, 6.45) is 7.56. The summed E-state index contributed by atoms with van der Waals surface area (Å²) >= 11 is 0. The van der Waals surface area contributed by atoms with Gasteiger partial charge in [0, 0.05) is 11.5 Å². The molecule has 1 aliphatic carbocycles. The molecule has 6 heteroatoms. The molecule has 2 N–H and O–H groups in total. The van der Waals surface area contributed by atoms with Crippen LogP contribution in [-0.2, 0) is 6.61 Å². The van der Waals surface area contributed by atoms with Crippen LogP contribution in [0.2, 0.25) is 0 Å². The van der Waals surface area contributed by atoms with Gasteiger partial charge in [0.2, 0.25) is 0 Å². The van der Waals surface area contributed by atoms with Gasteiger partial charge in [-0.25, -0.2) is 14.5 Å². The second kappa shape index (κ2) is 8.14. The molecular formula is C24H25N5O. The molecule has 2 heterocycles. The van der Waals surface area contributed by atoms with Crippen LogP contribution in [-0.4, -0.2) is 19.6 Å². The zero-order valence-electron chi connectivity index (χ0n) is 16.9. The molecule has 5 rings (SSSR count). The van der Waals surface area contributed by atoms with Crippen molar-refractivity contribution in [1.29, 1.82) is 0 Å². The average molecular weight is 399 g/mol. The fraction of sp³-hybridized carbons (Fsp3) is 0.292. The molecule has 6 nitrogen and oxygen atoms in total. The highest BCUT2D eigenvalue weighted by molar-refractivity contribution is 5.85. The van der Waals surface area contributed by atoms with Crippen molar-refractivity contribution >= 4 is 11.3 Å². The van der Waals surface area contributed by atoms with Gasteiger partial charge in [0.15, 0.2) is 5.82 Å². The van der Waals surface area contributed by atoms with Crippen LogP contribution in [0, 0.1) is 0 Å². The number of nitrogens with two attached hydrogens (primary N) is 1. The Morgan fingerprint density at radius 3 is 2.67 bits per heavy atom. The van der Waals surface area contributed by atoms with Crippen LogP contribution in [0.3, 0.4) is 0 Å². The molecule has 0 amide bonds. The quantitative estimate of drug-likeness (QED) is 0.511. The molecule has 0 aliphatic heterocycles. The minimum absolute atomic E-state index is 0.409. The summed E-state index contributed by atoms with van der Waals surface area (Å²) in [6, 6.07) is 18.2. The van der Waals surface area contributed by atoms with Gasteiger partial charge in [-0.15, -0.1) is 0 Å². The third kappa shape index (κ3) is 3.61. The van der Waals surface area contributed by atoms with Crippen LogP contribution in [0.4, 0.5) is 5.82 Å². The van der Waals surface area contributed by atoms with E-state index in [1.165, 1.54) is 25.6 Å². The SMILES string of the molecule is Nc1ncnn2c(C3CCCCC3)nc(-c3cccc(OCc4ccccc4)c3)c12. The number of ether oxygens (including phenoxy) is 1. The van der Waals surface area contributed by atoms with E-state index in [2.05, 4.69) is 22.2 Å². The highest BCUT2D eigenvalue weighted by Gasteiger charge is 2.25. The van der Waals surface area contributed by atoms with Gasteiger partial charge in [-0.2, -0.15) is 5.10 Å². The lowest BCUT2D eigenvalue weighted by atomic mass is 9.89. The summed E-state index contributed by atoms with van der Waals surface area (Å²) in [5, 5.41) is 4.49. The summed E-state index contributed by atoms with van der Waals surface area (Å²) in [5.74, 6) is 2.65. The Hall–Kier alpha value is -3.41. The molecule has 0 saturated heterocycles. The molecule has 0 unspecified atom stereocenters. The fourth-order valence-corrected chi connectivity index (χ4v) is 4.28. The molecule has 30 heavy (non-hydrogen) atoms. The molecule has 1 saturated carbocycles. The van der Waals surface area contributed by atoms with E-state index < -0.39 is 0 Å². The molecule has 0 bridgehead atoms. The van der Waals surface area contributed by atoms with Crippen molar-refractivity contribution in [2.24, 2.45) is 0 Å². The Morgan fingerprint density at radius 2 is 1.83 bits per heavy atom. The largest absolute Gasteiger partial charge is 0.489 e. The number of fused-ring (bicyclic) bond motifs is 1. The number of nitrogen functional groups attached to an aromatic ring is 1. The summed E-state index contributed by atoms with van der Waals surface area (Å²) in [4.78, 5) is 9.25. The first-order valence-corrected chi connectivity index (χ1v) is 10.6. The molecule has 0 atom stereocenters. The van der Waals surface area contributed by atoms with E-state index in [0.717, 1.165) is 46.8 Å². The lowest BCUT2D eigenvalue weighted by molar-refractivity contribution is 0.306. The van der Waals surface area contributed by atoms with E-state index >= 15 is 0 Å². The number of nitrogens with zero attached hydrogens (tertiary/aromatic N) is 4. The molecular weight excluding hydrogens is 374 g/mol. The van der Waals surface area contributed by atoms with Gasteiger partial charge >= 0.3 is 0 Å². The molecule has 2 aromatic heterocycles. The third-order valence-electron chi connectivity index (χ3n) is 5.81. The van der Waals surface area contributed by atoms with Gasteiger partial charge in [-0.3, -0.25) is 0 Å². The number of imidazole rings is 1. The van der Waals surface area contributed by atoms with Gasteiger partial charge in [-0.05, 0) is 30.5 Å². The van der Waals surface area contributed by atoms with E-state index in [1.54, 1.807) is 0 Å². The smallest absolute Gasteiger partial charge is 0.153 e. The van der Waals surface area contributed by atoms with Crippen molar-refractivity contribution in [2.45, 2.75) is 44.6 Å². The maximum absolute atomic E-state index is 6.27. The number of anilines is 1. The zero-order chi connectivity index (χ0) is 20.3. The molecule has 152 valence electrons. The Kier molecular flexibility index (Phi) is 5.05. The standard InChI is InChI=1S/C24H25N5O/c25-23-22-21(28-24(29(22)27-16-26-23)18-10-5-2-6-11-18)19-12-7-13-20(14-19)30-15-17-8-3-1-4-9-17/h1,3-4,7-9,12-14,16,18H,2,5-6,10-11,15H2,(H2,25,26,27). The molecule has 0 radical (unpaired) electrons. The second-order valence-electron chi connectivity index (χ2n) is 7.86. The first kappa shape index (κ1) is 18.6. The maximum atomic E-state index is 6.27. The molecule has 0 spiro atoms. The highest BCUT2D eigenvalue weighted by Crippen LogP contribution is 2.36. The van der Waals surface area contributed by atoms with Gasteiger partial charge in [-0.1, -0.05) is 61.7 Å². The monoisotopic (exact) mass is 399 g/mol. The normalized spacial score (nSPS) is 14.8. The molecule has 1 fully saturated rings. The van der Waals surface area contributed by atoms with Crippen molar-refractivity contribution in [3.8, 4) is 17.0 Å². The number of hydrogen-bond donors (Lipinski definition) is 1. The van der Waals surface area contributed by atoms with E-state index in [4.69, 9.17) is 15.5 Å². The minimum atomic E-state index is 0.409. The van der Waals surface area contributed by atoms with Gasteiger partial charge in [0.1, 0.15) is 35.7 Å². The van der Waals surface area contributed by atoms with Crippen LogP contribution < -0.4 is 10.5 Å². The van der Waals surface area contributed by atoms with Crippen molar-refractivity contribution in [3.63, 3.8) is 0 Å². The van der Waals surface area contributed by atoms with E-state index in [0.29, 0.717) is 18.3 Å². The van der Waals surface area contributed by atoms with Crippen LogP contribution in [0.15, 0.2) is 60.9 Å². The van der Waals surface area contributed by atoms with Crippen LogP contribution in [0.5, 0.6) is 5.75 Å². The Bertz CT molecular complexity index is 1150. The maximum Gasteiger partial charge on any atom is 0.153 e. The summed E-state index contributed by atoms with van der Waals surface area (Å²) in [7, 11) is 0. The topological polar surface area (TPSA) is 78.3 Å². The summed E-state index contributed by atoms with van der Waals surface area (Å²) < 4.78 is 7.92. The fourth-order valence-electron chi connectivity index (χ4n) is 4.28. The Morgan fingerprint density at radius 1 is 1.00 bits per heavy atom. The lowest BCUT2D eigenvalue weighted by Gasteiger charge is -2.19. The Labute approximate surface area is 175 Å². The first-order valence-electron chi connectivity index (χ1n) is 10.6. The van der Waals surface area contributed by atoms with E-state index in [-0.39, 0.29) is 0 Å². The Balaban J connectivity index is 1.51. The number of rotatable bonds is 5. The van der Waals surface area contributed by atoms with Crippen molar-refractivity contribution < 1.29 is 4.74 Å². The number of hydrogen-bond acceptors (Lipinski definition) is 5. The highest BCUT2D eigenvalue weighted by atomic mass is 16.5. The van der Waals surface area contributed by atoms with E-state index in [1.807, 2.05) is 47.0 Å². The van der Waals surface area contributed by atoms with Crippen LogP contribution in [0.25, 0.3) is 16.8 Å². The van der Waals surface area contributed by atoms with E-state index in [9.17, 15) is 0 Å². The third-order valence-corrected chi connectivity index (χ3v) is 5.81. The number of benzene rings is 2. The van der Waals surface area contributed by atoms with Gasteiger partial charge in [0.25, 0.3) is 0 Å². The predicted molar refractivity (Wildman–Crippen MR) is 117 cm³/mol. The van der Waals surface area contributed by atoms with Gasteiger partial charge in [0.05, 0.1) is 0 Å². The first-order chi connectivity index (χ1) is 14.8. The van der Waals surface area contributed by atoms with Gasteiger partial charge < -0.3 is 10.5 Å². The summed E-state index contributed by atoms with van der Waals surface area (Å²) in [6.45, 7) is 0.521. The van der Waals surface area contributed by atoms with Crippen LogP contribution >= 0.6 is 0 Å². The van der Waals surface area contributed by atoms with Crippen molar-refractivity contribution in [1.82, 2.24) is 19.6 Å². The summed E-state index contributed by atoms with van der Waals surface area (Å²) in [5.41, 5.74) is 9.95. The minimum Gasteiger partial charge on any atom is -0.489 e. The van der Waals surface area contributed by atoms with Crippen LogP contribution in [0.1, 0.15) is 49.4 Å². The molecule has 2 aromatic carbocycles. The number of aromatic nitrogens is 4. The molecule has 1 aliphatic rings. The van der Waals surface area contributed by atoms with Crippen molar-refractivity contribution in [3.05, 3.63) is 72.3 Å². The predicted octanol–water partition coefficient (Wildman–Crippen LogP) is 5.00. The average Bonchev–Trinajstić information content (AvgIpc) is 3.20. The molecule has 4 aromatic rings. The van der Waals surface area contributed by atoms with Crippen molar-refractivity contribution in [2.75, 3.05) is 5.73 Å². The second-order valence-corrected chi connectivity index (χ2v) is 7.86. The zero-order valence-corrected chi connectivity index (χ0v) is 16.9. The lowest BCUT2D eigenvalue weighted by Crippen LogP contribution is -2.10.